The number of amides is 4. The van der Waals surface area contributed by atoms with Crippen molar-refractivity contribution in [1.82, 2.24) is 21.3 Å². The van der Waals surface area contributed by atoms with E-state index in [2.05, 4.69) is 40.5 Å². The summed E-state index contributed by atoms with van der Waals surface area (Å²) in [5.74, 6) is -1.22. The number of thiol groups is 1. The standard InChI is InChI=1S/C38H50N4O8S2/c1-27(23-41-35(45)26-51)11-20-33(43)42-24-34(44)39-21-9-7-5-3-4-6-8-10-22-40-37(46)30-14-12-29(13-15-30)36-32(25-50-38(36)47)28-16-18-31(19-17-28)52(2,48)49/h12-19,51H,1,3-11,20-26H2,2H3,(H,39,44)(H,40,46)(H,41,45)(H,42,43). The second-order valence-electron chi connectivity index (χ2n) is 12.7. The summed E-state index contributed by atoms with van der Waals surface area (Å²) >= 11 is 3.88. The number of ether oxygens (including phenoxy) is 1. The van der Waals surface area contributed by atoms with Crippen LogP contribution >= 0.6 is 12.6 Å². The van der Waals surface area contributed by atoms with E-state index in [1.165, 1.54) is 12.1 Å². The first-order chi connectivity index (χ1) is 24.9. The molecule has 2 aromatic rings. The van der Waals surface area contributed by atoms with Crippen LogP contribution in [0.25, 0.3) is 11.1 Å². The Morgan fingerprint density at radius 1 is 0.712 bits per heavy atom. The van der Waals surface area contributed by atoms with E-state index < -0.39 is 15.8 Å². The topological polar surface area (TPSA) is 177 Å². The fraction of sp³-hybridized carbons (Fsp3) is 0.447. The Morgan fingerprint density at radius 2 is 1.27 bits per heavy atom. The molecule has 0 aliphatic carbocycles. The molecular formula is C38H50N4O8S2. The molecule has 0 aromatic heterocycles. The second-order valence-corrected chi connectivity index (χ2v) is 15.0. The number of hydrogen-bond donors (Lipinski definition) is 5. The van der Waals surface area contributed by atoms with Gasteiger partial charge in [0.1, 0.15) is 6.61 Å². The van der Waals surface area contributed by atoms with Crippen molar-refractivity contribution in [2.24, 2.45) is 0 Å². The first kappa shape index (κ1) is 42.0. The van der Waals surface area contributed by atoms with Crippen LogP contribution in [0.15, 0.2) is 65.6 Å². The Kier molecular flexibility index (Phi) is 17.6. The van der Waals surface area contributed by atoms with Crippen LogP contribution in [0.2, 0.25) is 0 Å². The second kappa shape index (κ2) is 21.8. The molecule has 3 rings (SSSR count). The summed E-state index contributed by atoms with van der Waals surface area (Å²) < 4.78 is 28.9. The van der Waals surface area contributed by atoms with Crippen LogP contribution in [-0.4, -0.2) is 82.8 Å². The summed E-state index contributed by atoms with van der Waals surface area (Å²) in [6.07, 6.45) is 9.86. The van der Waals surface area contributed by atoms with Gasteiger partial charge in [-0.05, 0) is 54.7 Å². The Hall–Kier alpha value is -4.43. The summed E-state index contributed by atoms with van der Waals surface area (Å²) in [5.41, 5.74) is 3.59. The third kappa shape index (κ3) is 14.7. The lowest BCUT2D eigenvalue weighted by atomic mass is 9.96. The molecule has 0 fully saturated rings. The lowest BCUT2D eigenvalue weighted by Crippen LogP contribution is -2.37. The quantitative estimate of drug-likeness (QED) is 0.0489. The van der Waals surface area contributed by atoms with Crippen molar-refractivity contribution in [3.63, 3.8) is 0 Å². The number of carbonyl (C=O) groups is 5. The molecule has 0 saturated carbocycles. The molecule has 0 radical (unpaired) electrons. The fourth-order valence-electron chi connectivity index (χ4n) is 5.45. The van der Waals surface area contributed by atoms with Gasteiger partial charge in [0, 0.05) is 43.4 Å². The minimum Gasteiger partial charge on any atom is -0.457 e. The highest BCUT2D eigenvalue weighted by Crippen LogP contribution is 2.33. The van der Waals surface area contributed by atoms with E-state index >= 15 is 0 Å². The highest BCUT2D eigenvalue weighted by molar-refractivity contribution is 7.90. The summed E-state index contributed by atoms with van der Waals surface area (Å²) in [4.78, 5) is 60.6. The molecule has 14 heteroatoms. The number of carbonyl (C=O) groups excluding carboxylic acids is 5. The van der Waals surface area contributed by atoms with Gasteiger partial charge in [0.2, 0.25) is 17.7 Å². The smallest absolute Gasteiger partial charge is 0.339 e. The molecule has 52 heavy (non-hydrogen) atoms. The van der Waals surface area contributed by atoms with Gasteiger partial charge in [-0.2, -0.15) is 12.6 Å². The number of sulfone groups is 1. The molecule has 1 aliphatic heterocycles. The minimum atomic E-state index is -3.34. The van der Waals surface area contributed by atoms with Gasteiger partial charge in [-0.15, -0.1) is 0 Å². The van der Waals surface area contributed by atoms with E-state index in [1.807, 2.05) is 0 Å². The van der Waals surface area contributed by atoms with Crippen molar-refractivity contribution < 1.29 is 37.1 Å². The zero-order valence-electron chi connectivity index (χ0n) is 29.8. The maximum atomic E-state index is 12.7. The first-order valence-electron chi connectivity index (χ1n) is 17.6. The number of nitrogens with one attached hydrogen (secondary N) is 4. The van der Waals surface area contributed by atoms with Gasteiger partial charge >= 0.3 is 5.97 Å². The van der Waals surface area contributed by atoms with E-state index in [-0.39, 0.29) is 53.8 Å². The number of esters is 1. The van der Waals surface area contributed by atoms with Crippen molar-refractivity contribution in [2.75, 3.05) is 44.8 Å². The largest absolute Gasteiger partial charge is 0.457 e. The Bertz CT molecular complexity index is 1700. The molecule has 4 amide bonds. The van der Waals surface area contributed by atoms with Crippen LogP contribution in [0.5, 0.6) is 0 Å². The number of hydrogen-bond acceptors (Lipinski definition) is 9. The van der Waals surface area contributed by atoms with Crippen molar-refractivity contribution in [3.8, 4) is 0 Å². The Balaban J connectivity index is 1.22. The van der Waals surface area contributed by atoms with Crippen molar-refractivity contribution in [3.05, 3.63) is 77.4 Å². The van der Waals surface area contributed by atoms with E-state index in [0.717, 1.165) is 63.2 Å². The highest BCUT2D eigenvalue weighted by Gasteiger charge is 2.27. The van der Waals surface area contributed by atoms with E-state index in [4.69, 9.17) is 4.74 Å². The summed E-state index contributed by atoms with van der Waals surface area (Å²) in [6.45, 7) is 5.27. The lowest BCUT2D eigenvalue weighted by Gasteiger charge is -2.09. The molecule has 1 heterocycles. The highest BCUT2D eigenvalue weighted by atomic mass is 32.2. The molecule has 0 atom stereocenters. The fourth-order valence-corrected chi connectivity index (χ4v) is 6.19. The Labute approximate surface area is 311 Å². The van der Waals surface area contributed by atoms with Crippen molar-refractivity contribution in [1.29, 1.82) is 0 Å². The number of rotatable bonds is 23. The molecule has 282 valence electrons. The first-order valence-corrected chi connectivity index (χ1v) is 20.1. The van der Waals surface area contributed by atoms with E-state index in [9.17, 15) is 32.4 Å². The number of cyclic esters (lactones) is 1. The van der Waals surface area contributed by atoms with Crippen molar-refractivity contribution >= 4 is 63.2 Å². The lowest BCUT2D eigenvalue weighted by molar-refractivity contribution is -0.134. The predicted molar refractivity (Wildman–Crippen MR) is 204 cm³/mol. The van der Waals surface area contributed by atoms with Crippen LogP contribution in [0.1, 0.15) is 85.7 Å². The monoisotopic (exact) mass is 754 g/mol. The minimum absolute atomic E-state index is 0.0691. The molecular weight excluding hydrogens is 705 g/mol. The third-order valence-electron chi connectivity index (χ3n) is 8.46. The number of unbranched alkanes of at least 4 members (excludes halogenated alkanes) is 7. The predicted octanol–water partition coefficient (Wildman–Crippen LogP) is 4.02. The average Bonchev–Trinajstić information content (AvgIpc) is 3.52. The normalized spacial score (nSPS) is 12.6. The Morgan fingerprint density at radius 3 is 1.87 bits per heavy atom. The molecule has 12 nitrogen and oxygen atoms in total. The molecule has 0 unspecified atom stereocenters. The maximum absolute atomic E-state index is 12.7. The third-order valence-corrected chi connectivity index (χ3v) is 9.88. The van der Waals surface area contributed by atoms with E-state index in [1.54, 1.807) is 36.4 Å². The van der Waals surface area contributed by atoms with Gasteiger partial charge in [-0.25, -0.2) is 13.2 Å². The van der Waals surface area contributed by atoms with Crippen LogP contribution in [-0.2, 0) is 33.8 Å². The molecule has 2 aromatic carbocycles. The summed E-state index contributed by atoms with van der Waals surface area (Å²) in [7, 11) is -3.34. The van der Waals surface area contributed by atoms with Gasteiger partial charge in [-0.3, -0.25) is 19.2 Å². The average molecular weight is 755 g/mol. The molecule has 0 spiro atoms. The molecule has 4 N–H and O–H groups in total. The molecule has 0 bridgehead atoms. The van der Waals surface area contributed by atoms with Gasteiger partial charge in [0.05, 0.1) is 22.8 Å². The zero-order valence-corrected chi connectivity index (χ0v) is 31.5. The van der Waals surface area contributed by atoms with Crippen LogP contribution in [0.4, 0.5) is 0 Å². The van der Waals surface area contributed by atoms with Gasteiger partial charge < -0.3 is 26.0 Å². The van der Waals surface area contributed by atoms with E-state index in [0.29, 0.717) is 53.9 Å². The van der Waals surface area contributed by atoms with Crippen LogP contribution < -0.4 is 21.3 Å². The van der Waals surface area contributed by atoms with Gasteiger partial charge in [0.15, 0.2) is 9.84 Å². The molecule has 0 saturated heterocycles. The SMILES string of the molecule is C=C(CCC(=O)NCC(=O)NCCCCCCCCCCNC(=O)c1ccc(C2=C(c3ccc(S(C)(=O)=O)cc3)COC2=O)cc1)CNC(=O)CS. The van der Waals surface area contributed by atoms with Gasteiger partial charge in [0.25, 0.3) is 5.91 Å². The molecule has 1 aliphatic rings. The number of benzene rings is 2. The van der Waals surface area contributed by atoms with Crippen molar-refractivity contribution in [2.45, 2.75) is 69.1 Å². The van der Waals surface area contributed by atoms with Gasteiger partial charge in [-0.1, -0.05) is 74.9 Å². The summed E-state index contributed by atoms with van der Waals surface area (Å²) in [6, 6.07) is 13.1. The maximum Gasteiger partial charge on any atom is 0.339 e. The van der Waals surface area contributed by atoms with Crippen LogP contribution in [0.3, 0.4) is 0 Å². The summed E-state index contributed by atoms with van der Waals surface area (Å²) in [5, 5.41) is 11.0. The zero-order chi connectivity index (χ0) is 37.9. The van der Waals surface area contributed by atoms with Crippen LogP contribution in [0, 0.1) is 0 Å².